The molecule has 3 fully saturated rings. The second-order valence-electron chi connectivity index (χ2n) is 33.7. The number of aromatic amines is 3. The first-order chi connectivity index (χ1) is 63.9. The first-order valence-electron chi connectivity index (χ1n) is 44.6. The van der Waals surface area contributed by atoms with Gasteiger partial charge in [-0.3, -0.25) is 86.3 Å². The van der Waals surface area contributed by atoms with Crippen LogP contribution in [-0.4, -0.2) is 327 Å². The predicted molar refractivity (Wildman–Crippen MR) is 486 cm³/mol. The number of aliphatic hydroxyl groups excluding tert-OH is 2. The van der Waals surface area contributed by atoms with Crippen LogP contribution in [0.1, 0.15) is 133 Å². The first-order valence-corrected chi connectivity index (χ1v) is 45.7. The lowest BCUT2D eigenvalue weighted by atomic mass is 10.00. The van der Waals surface area contributed by atoms with Crippen molar-refractivity contribution in [2.24, 2.45) is 17.2 Å². The highest BCUT2D eigenvalue weighted by molar-refractivity contribution is 8.00. The van der Waals surface area contributed by atoms with Crippen LogP contribution in [0.4, 0.5) is 0 Å². The number of imidazole rings is 1. The summed E-state index contributed by atoms with van der Waals surface area (Å²) in [6, 6.07) is -3.00. The highest BCUT2D eigenvalue weighted by Crippen LogP contribution is 2.28. The molecule has 45 heteroatoms. The number of nitrogens with zero attached hydrogens (tertiary/aromatic N) is 6. The van der Waals surface area contributed by atoms with Crippen LogP contribution in [0.25, 0.3) is 21.8 Å². The van der Waals surface area contributed by atoms with E-state index in [0.717, 1.165) is 36.3 Å². The fraction of sp³-hybridized carbons (Fsp3) is 0.517. The lowest BCUT2D eigenvalue weighted by Gasteiger charge is -2.36. The average molecular weight is 1880 g/mol. The van der Waals surface area contributed by atoms with Crippen LogP contribution in [0.3, 0.4) is 0 Å². The molecule has 3 aliphatic rings. The Labute approximate surface area is 776 Å². The van der Waals surface area contributed by atoms with Gasteiger partial charge in [0.25, 0.3) is 0 Å². The summed E-state index contributed by atoms with van der Waals surface area (Å²) >= 11 is 0.757. The number of unbranched alkanes of at least 4 members (excludes halogenated alkanes) is 2. The van der Waals surface area contributed by atoms with Crippen LogP contribution >= 0.6 is 11.8 Å². The molecule has 0 unspecified atom stereocenters. The van der Waals surface area contributed by atoms with Crippen LogP contribution < -0.4 is 70.4 Å². The largest absolute Gasteiger partial charge is 0.508 e. The molecule has 0 radical (unpaired) electrons. The molecule has 15 atom stereocenters. The van der Waals surface area contributed by atoms with E-state index in [1.807, 2.05) is 13.8 Å². The number of para-hydroxylation sites is 2. The number of aliphatic hydroxyl groups is 2. The minimum atomic E-state index is -1.92. The van der Waals surface area contributed by atoms with E-state index in [1.165, 1.54) is 64.9 Å². The number of H-pyrrole nitrogens is 3. The van der Waals surface area contributed by atoms with Gasteiger partial charge in [-0.15, -0.1) is 11.8 Å². The summed E-state index contributed by atoms with van der Waals surface area (Å²) in [5.74, 6) is -19.1. The van der Waals surface area contributed by atoms with Gasteiger partial charge in [0, 0.05) is 131 Å². The van der Waals surface area contributed by atoms with E-state index >= 15 is 38.4 Å². The maximum absolute atomic E-state index is 15.7. The Morgan fingerprint density at radius 2 is 1.05 bits per heavy atom. The number of fused-ring (bicyclic) bond motifs is 4. The van der Waals surface area contributed by atoms with E-state index in [-0.39, 0.29) is 82.3 Å². The maximum atomic E-state index is 15.7. The Morgan fingerprint density at radius 1 is 0.530 bits per heavy atom. The number of carbonyl (C=O) groups is 18. The molecule has 0 bridgehead atoms. The van der Waals surface area contributed by atoms with Crippen molar-refractivity contribution in [2.45, 2.75) is 227 Å². The average Bonchev–Trinajstić information content (AvgIpc) is 1.76. The lowest BCUT2D eigenvalue weighted by Crippen LogP contribution is -2.62. The van der Waals surface area contributed by atoms with Crippen LogP contribution in [0.2, 0.25) is 0 Å². The lowest BCUT2D eigenvalue weighted by molar-refractivity contribution is -0.149. The third-order valence-electron chi connectivity index (χ3n) is 24.0. The van der Waals surface area contributed by atoms with E-state index in [0.29, 0.717) is 64.2 Å². The molecule has 0 spiro atoms. The molecule has 3 saturated heterocycles. The molecule has 44 nitrogen and oxygen atoms in total. The highest BCUT2D eigenvalue weighted by Gasteiger charge is 2.47. The number of amides is 17. The second kappa shape index (κ2) is 49.8. The minimum absolute atomic E-state index is 0.0125. The third kappa shape index (κ3) is 28.5. The Kier molecular flexibility index (Phi) is 38.7. The molecule has 17 amide bonds. The van der Waals surface area contributed by atoms with Crippen LogP contribution in [0.5, 0.6) is 5.75 Å². The fourth-order valence-corrected chi connectivity index (χ4v) is 17.3. The van der Waals surface area contributed by atoms with Gasteiger partial charge in [-0.1, -0.05) is 88.1 Å². The Morgan fingerprint density at radius 3 is 1.64 bits per heavy atom. The predicted octanol–water partition coefficient (Wildman–Crippen LogP) is -3.63. The number of likely N-dealkylation sites (N-methyl/N-ethyl adjacent to an activating group) is 3. The summed E-state index contributed by atoms with van der Waals surface area (Å²) in [4.78, 5) is 280. The number of aromatic nitrogens is 4. The van der Waals surface area contributed by atoms with Crippen molar-refractivity contribution in [2.75, 3.05) is 65.4 Å². The Hall–Kier alpha value is -13.6. The summed E-state index contributed by atoms with van der Waals surface area (Å²) in [7, 11) is 3.87. The number of nitrogens with one attached hydrogen (secondary N) is 13. The van der Waals surface area contributed by atoms with Crippen molar-refractivity contribution >= 4 is 140 Å². The van der Waals surface area contributed by atoms with Crippen LogP contribution in [0, 0.1) is 0 Å². The summed E-state index contributed by atoms with van der Waals surface area (Å²) in [5.41, 5.74) is 19.9. The van der Waals surface area contributed by atoms with E-state index in [4.69, 9.17) is 17.2 Å². The van der Waals surface area contributed by atoms with Gasteiger partial charge in [0.05, 0.1) is 31.3 Å². The third-order valence-corrected chi connectivity index (χ3v) is 25.0. The fourth-order valence-electron chi connectivity index (χ4n) is 16.4. The quantitative estimate of drug-likeness (QED) is 0.0249. The summed E-state index contributed by atoms with van der Waals surface area (Å²) in [6.07, 6.45) is 1.54. The van der Waals surface area contributed by atoms with Gasteiger partial charge in [-0.2, -0.15) is 0 Å². The molecular weight excluding hydrogens is 1760 g/mol. The Balaban J connectivity index is 1.10. The van der Waals surface area contributed by atoms with E-state index in [2.05, 4.69) is 73.1 Å². The van der Waals surface area contributed by atoms with Crippen LogP contribution in [0.15, 0.2) is 97.7 Å². The molecule has 6 aromatic rings. The van der Waals surface area contributed by atoms with Crippen molar-refractivity contribution in [3.05, 3.63) is 120 Å². The molecule has 0 aliphatic carbocycles. The minimum Gasteiger partial charge on any atom is -0.508 e. The zero-order chi connectivity index (χ0) is 97.7. The first kappa shape index (κ1) is 104. The van der Waals surface area contributed by atoms with Crippen molar-refractivity contribution in [3.63, 3.8) is 0 Å². The number of carboxylic acids is 1. The Bertz CT molecular complexity index is 5190. The number of primary amides is 2. The van der Waals surface area contributed by atoms with Crippen molar-refractivity contribution < 1.29 is 107 Å². The van der Waals surface area contributed by atoms with Crippen molar-refractivity contribution in [1.82, 2.24) is 97.6 Å². The van der Waals surface area contributed by atoms with Crippen LogP contribution in [-0.2, 0) is 112 Å². The number of rotatable bonds is 26. The molecule has 3 aromatic carbocycles. The number of aliphatic carboxylic acids is 1. The second-order valence-corrected chi connectivity index (χ2v) is 34.7. The molecule has 3 aliphatic heterocycles. The number of hydrogen-bond donors (Lipinski definition) is 20. The van der Waals surface area contributed by atoms with Gasteiger partial charge >= 0.3 is 5.97 Å². The molecule has 6 heterocycles. The SMILES string of the molecule is CCCC[C@H]1C(=O)N(C)[C@@H](CCCC)C(=O)N[C@@H](CCN)C(=O)N[C@H](C(=O)NCC(N)=O)CSCC(=O)N[C@@H](Cc2ccc(O)cc2)C(=O)N(C)[C@@H](C)C(=O)N[C@@H](CCC(=O)O)C(=O)N2CCC[C@H]2C(=O)N[C@@H](Cc2cnc[nH]2)C(=O)N[C@@H](CCC(N)=O)C(=O)N2C[C@H](O)C[C@H]2C(=O)N[C@@H](Cc2c[nH]c3ccccc23)C(=O)N[C@@H](CO)C(=O)N[C@@H](Cc2c[nH]c3ccccc23)C(=O)N1C. The van der Waals surface area contributed by atoms with Gasteiger partial charge < -0.3 is 130 Å². The van der Waals surface area contributed by atoms with Gasteiger partial charge in [-0.25, -0.2) is 4.98 Å². The van der Waals surface area contributed by atoms with E-state index in [1.54, 1.807) is 60.9 Å². The molecule has 134 heavy (non-hydrogen) atoms. The highest BCUT2D eigenvalue weighted by atomic mass is 32.2. The number of benzene rings is 3. The molecule has 9 rings (SSSR count). The summed E-state index contributed by atoms with van der Waals surface area (Å²) in [5, 5.41) is 70.0. The molecule has 3 aromatic heterocycles. The number of carboxylic acid groups (broad SMARTS) is 1. The van der Waals surface area contributed by atoms with E-state index in [9.17, 15) is 68.4 Å². The molecule has 0 saturated carbocycles. The normalized spacial score (nSPS) is 24.8. The van der Waals surface area contributed by atoms with Gasteiger partial charge in [0.2, 0.25) is 100 Å². The van der Waals surface area contributed by atoms with E-state index < -0.39 is 260 Å². The number of phenolic OH excluding ortho intramolecular Hbond substituents is 1. The number of nitrogens with two attached hydrogens (primary N) is 3. The zero-order valence-electron chi connectivity index (χ0n) is 75.5. The standard InChI is InChI=1S/C89H122N22O22S/c1-7-9-20-68-82(126)99-59(31-32-90)78(122)106-67(77(121)96-42-73(92)116)45-134-46-74(117)98-64(34-49-23-25-53(113)26-24-49)85(129)107(4)48(3)76(120)100-61(28-30-75(118)119)87(131)110-33-15-22-69(110)83(127)103-63(37-52-41-93-47-97-52)80(124)101-60(27-29-72(91)115)88(132)111-43-54(114)38-71(111)84(128)102-62(35-50-39-94-57-18-13-11-16-55(50)57)79(123)105-66(44-112)81(125)104-65(36-51-40-95-58-19-14-12-17-56(51)58)86(130)109(6)70(21-10-8-2)89(133)108(68)5/h11-14,16-19,23-26,39-41,47-48,54,59-71,94-95,112-114H,7-10,15,20-22,27-38,42-46,90H2,1-6H3,(H2,91,115)(H2,92,116)(H,93,97)(H,96,121)(H,98,117)(H,99,126)(H,100,120)(H,101,124)(H,102,128)(H,103,127)(H,104,125)(H,105,123)(H,106,122)(H,118,119)/t48-,54+,59-,60-,61-,62-,63-,64-,65-,66-,67-,68-,69-,70-,71-/m0/s1. The number of hydrogen-bond acceptors (Lipinski definition) is 24. The molecule has 23 N–H and O–H groups in total. The maximum Gasteiger partial charge on any atom is 0.303 e. The summed E-state index contributed by atoms with van der Waals surface area (Å²) in [6.45, 7) is 2.10. The monoisotopic (exact) mass is 1880 g/mol. The molecule has 726 valence electrons. The number of phenols is 1. The number of carbonyl (C=O) groups excluding carboxylic acids is 17. The van der Waals surface area contributed by atoms with Crippen molar-refractivity contribution in [1.29, 1.82) is 0 Å². The van der Waals surface area contributed by atoms with Crippen molar-refractivity contribution in [3.8, 4) is 5.75 Å². The molecular formula is C89H122N22O22S. The van der Waals surface area contributed by atoms with Gasteiger partial charge in [0.15, 0.2) is 0 Å². The summed E-state index contributed by atoms with van der Waals surface area (Å²) < 4.78 is 0. The zero-order valence-corrected chi connectivity index (χ0v) is 76.4. The number of thioether (sulfide) groups is 1. The topological polar surface area (TPSA) is 663 Å². The number of aromatic hydroxyl groups is 1. The van der Waals surface area contributed by atoms with Gasteiger partial charge in [0.1, 0.15) is 90.3 Å². The van der Waals surface area contributed by atoms with Gasteiger partial charge in [-0.05, 0) is 99.4 Å². The smallest absolute Gasteiger partial charge is 0.303 e.